The predicted octanol–water partition coefficient (Wildman–Crippen LogP) is 5.26. The summed E-state index contributed by atoms with van der Waals surface area (Å²) in [6.07, 6.45) is 4.84. The highest BCUT2D eigenvalue weighted by Crippen LogP contribution is 2.37. The fourth-order valence-electron chi connectivity index (χ4n) is 3.22. The average molecular weight is 342 g/mol. The van der Waals surface area contributed by atoms with Crippen molar-refractivity contribution < 1.29 is 4.79 Å². The number of carbonyl (C=O) groups is 1. The van der Waals surface area contributed by atoms with E-state index in [1.807, 2.05) is 6.07 Å². The molecule has 1 amide bonds. The molecule has 0 atom stereocenters. The number of hydrogen-bond donors (Lipinski definition) is 1. The molecule has 1 aliphatic carbocycles. The van der Waals surface area contributed by atoms with Gasteiger partial charge < -0.3 is 5.32 Å². The van der Waals surface area contributed by atoms with Crippen molar-refractivity contribution in [2.24, 2.45) is 11.3 Å². The molecule has 0 aromatic heterocycles. The van der Waals surface area contributed by atoms with Gasteiger partial charge >= 0.3 is 0 Å². The smallest absolute Gasteiger partial charge is 0.224 e. The molecular formula is C18H25Cl2NO. The molecule has 4 heteroatoms. The van der Waals surface area contributed by atoms with Gasteiger partial charge in [-0.1, -0.05) is 50.0 Å². The molecule has 1 aromatic carbocycles. The van der Waals surface area contributed by atoms with Crippen molar-refractivity contribution in [1.82, 2.24) is 5.32 Å². The largest absolute Gasteiger partial charge is 0.353 e. The van der Waals surface area contributed by atoms with Crippen LogP contribution >= 0.6 is 23.2 Å². The molecule has 0 spiro atoms. The summed E-state index contributed by atoms with van der Waals surface area (Å²) in [5, 5.41) is 4.30. The first-order chi connectivity index (χ1) is 10.3. The van der Waals surface area contributed by atoms with E-state index in [1.54, 1.807) is 12.1 Å². The highest BCUT2D eigenvalue weighted by atomic mass is 35.5. The van der Waals surface area contributed by atoms with Crippen LogP contribution in [0.1, 0.15) is 52.0 Å². The second-order valence-corrected chi connectivity index (χ2v) is 8.24. The van der Waals surface area contributed by atoms with Gasteiger partial charge in [-0.05, 0) is 54.7 Å². The van der Waals surface area contributed by atoms with Gasteiger partial charge in [0.1, 0.15) is 0 Å². The van der Waals surface area contributed by atoms with Gasteiger partial charge in [-0.3, -0.25) is 4.79 Å². The molecule has 22 heavy (non-hydrogen) atoms. The number of rotatable bonds is 3. The van der Waals surface area contributed by atoms with E-state index in [9.17, 15) is 4.79 Å². The Morgan fingerprint density at radius 1 is 1.18 bits per heavy atom. The molecule has 0 bridgehead atoms. The lowest BCUT2D eigenvalue weighted by Crippen LogP contribution is -2.40. The van der Waals surface area contributed by atoms with Crippen LogP contribution in [0.4, 0.5) is 0 Å². The zero-order valence-corrected chi connectivity index (χ0v) is 15.1. The number of halogens is 2. The predicted molar refractivity (Wildman–Crippen MR) is 93.5 cm³/mol. The molecule has 2 nitrogen and oxygen atoms in total. The Kier molecular flexibility index (Phi) is 5.79. The third-order valence-electron chi connectivity index (χ3n) is 4.68. The van der Waals surface area contributed by atoms with E-state index < -0.39 is 0 Å². The summed E-state index contributed by atoms with van der Waals surface area (Å²) in [7, 11) is 0. The molecule has 0 radical (unpaired) electrons. The highest BCUT2D eigenvalue weighted by Gasteiger charge is 2.30. The molecule has 0 unspecified atom stereocenters. The molecule has 0 aliphatic heterocycles. The van der Waals surface area contributed by atoms with Crippen LogP contribution in [0.15, 0.2) is 18.2 Å². The molecule has 1 saturated carbocycles. The molecule has 0 saturated heterocycles. The van der Waals surface area contributed by atoms with Crippen molar-refractivity contribution in [2.45, 2.75) is 58.9 Å². The van der Waals surface area contributed by atoms with Gasteiger partial charge in [-0.25, -0.2) is 0 Å². The van der Waals surface area contributed by atoms with E-state index in [0.717, 1.165) is 24.3 Å². The number of benzene rings is 1. The normalized spacial score (nSPS) is 22.4. The lowest BCUT2D eigenvalue weighted by Gasteiger charge is -2.37. The quantitative estimate of drug-likeness (QED) is 0.798. The third-order valence-corrected chi connectivity index (χ3v) is 5.27. The van der Waals surface area contributed by atoms with E-state index in [4.69, 9.17) is 23.2 Å². The second kappa shape index (κ2) is 7.23. The van der Waals surface area contributed by atoms with E-state index in [2.05, 4.69) is 26.1 Å². The van der Waals surface area contributed by atoms with Crippen LogP contribution in [-0.4, -0.2) is 11.9 Å². The van der Waals surface area contributed by atoms with Gasteiger partial charge in [0.2, 0.25) is 5.91 Å². The first kappa shape index (κ1) is 17.6. The van der Waals surface area contributed by atoms with Crippen molar-refractivity contribution >= 4 is 29.1 Å². The van der Waals surface area contributed by atoms with Crippen molar-refractivity contribution in [3.8, 4) is 0 Å². The van der Waals surface area contributed by atoms with Crippen LogP contribution in [0.2, 0.25) is 10.0 Å². The lowest BCUT2D eigenvalue weighted by atomic mass is 9.71. The first-order valence-corrected chi connectivity index (χ1v) is 8.74. The standard InChI is InChI=1S/C18H25Cl2NO/c1-18(2,3)13-5-8-15(9-6-13)21-17(22)10-12-4-7-14(19)11-16(12)20/h4,7,11,13,15H,5-6,8-10H2,1-3H3,(H,21,22). The molecule has 1 aliphatic rings. The van der Waals surface area contributed by atoms with Crippen LogP contribution in [0.3, 0.4) is 0 Å². The van der Waals surface area contributed by atoms with Gasteiger partial charge in [0.15, 0.2) is 0 Å². The molecule has 1 N–H and O–H groups in total. The maximum absolute atomic E-state index is 12.2. The fraction of sp³-hybridized carbons (Fsp3) is 0.611. The van der Waals surface area contributed by atoms with Crippen molar-refractivity contribution in [3.63, 3.8) is 0 Å². The number of amides is 1. The zero-order chi connectivity index (χ0) is 16.3. The van der Waals surface area contributed by atoms with E-state index in [0.29, 0.717) is 27.9 Å². The topological polar surface area (TPSA) is 29.1 Å². The van der Waals surface area contributed by atoms with Gasteiger partial charge in [-0.2, -0.15) is 0 Å². The Labute approximate surface area is 143 Å². The number of nitrogens with one attached hydrogen (secondary N) is 1. The molecule has 1 aromatic rings. The van der Waals surface area contributed by atoms with Crippen LogP contribution in [0, 0.1) is 11.3 Å². The average Bonchev–Trinajstić information content (AvgIpc) is 2.41. The minimum absolute atomic E-state index is 0.0448. The SMILES string of the molecule is CC(C)(C)C1CCC(NC(=O)Cc2ccc(Cl)cc2Cl)CC1. The maximum atomic E-state index is 12.2. The minimum atomic E-state index is 0.0448. The summed E-state index contributed by atoms with van der Waals surface area (Å²) in [5.41, 5.74) is 1.19. The maximum Gasteiger partial charge on any atom is 0.224 e. The van der Waals surface area contributed by atoms with Crippen LogP contribution in [0.25, 0.3) is 0 Å². The summed E-state index contributed by atoms with van der Waals surface area (Å²) in [6, 6.07) is 5.57. The van der Waals surface area contributed by atoms with Gasteiger partial charge in [0.05, 0.1) is 6.42 Å². The Balaban J connectivity index is 1.83. The summed E-state index contributed by atoms with van der Waals surface area (Å²) in [5.74, 6) is 0.801. The van der Waals surface area contributed by atoms with Crippen molar-refractivity contribution in [2.75, 3.05) is 0 Å². The summed E-state index contributed by atoms with van der Waals surface area (Å²) < 4.78 is 0. The van der Waals surface area contributed by atoms with Gasteiger partial charge in [0, 0.05) is 16.1 Å². The summed E-state index contributed by atoms with van der Waals surface area (Å²) in [6.45, 7) is 6.91. The van der Waals surface area contributed by atoms with E-state index in [-0.39, 0.29) is 5.91 Å². The second-order valence-electron chi connectivity index (χ2n) is 7.39. The Hall–Kier alpha value is -0.730. The van der Waals surface area contributed by atoms with E-state index in [1.165, 1.54) is 12.8 Å². The third kappa shape index (κ3) is 4.89. The highest BCUT2D eigenvalue weighted by molar-refractivity contribution is 6.35. The van der Waals surface area contributed by atoms with E-state index >= 15 is 0 Å². The van der Waals surface area contributed by atoms with Gasteiger partial charge in [-0.15, -0.1) is 0 Å². The fourth-order valence-corrected chi connectivity index (χ4v) is 3.70. The number of carbonyl (C=O) groups excluding carboxylic acids is 1. The minimum Gasteiger partial charge on any atom is -0.353 e. The lowest BCUT2D eigenvalue weighted by molar-refractivity contribution is -0.121. The Bertz CT molecular complexity index is 528. The van der Waals surface area contributed by atoms with Gasteiger partial charge in [0.25, 0.3) is 0 Å². The molecule has 0 heterocycles. The van der Waals surface area contributed by atoms with Crippen LogP contribution in [0.5, 0.6) is 0 Å². The van der Waals surface area contributed by atoms with Crippen molar-refractivity contribution in [3.05, 3.63) is 33.8 Å². The van der Waals surface area contributed by atoms with Crippen molar-refractivity contribution in [1.29, 1.82) is 0 Å². The molecular weight excluding hydrogens is 317 g/mol. The molecule has 2 rings (SSSR count). The monoisotopic (exact) mass is 341 g/mol. The number of hydrogen-bond acceptors (Lipinski definition) is 1. The van der Waals surface area contributed by atoms with Crippen LogP contribution < -0.4 is 5.32 Å². The first-order valence-electron chi connectivity index (χ1n) is 7.99. The van der Waals surface area contributed by atoms with Crippen LogP contribution in [-0.2, 0) is 11.2 Å². The zero-order valence-electron chi connectivity index (χ0n) is 13.6. The Morgan fingerprint density at radius 2 is 1.82 bits per heavy atom. The molecule has 1 fully saturated rings. The summed E-state index contributed by atoms with van der Waals surface area (Å²) in [4.78, 5) is 12.2. The summed E-state index contributed by atoms with van der Waals surface area (Å²) >= 11 is 12.0. The molecule has 122 valence electrons. The Morgan fingerprint density at radius 3 is 2.36 bits per heavy atom.